The van der Waals surface area contributed by atoms with E-state index in [1.165, 1.54) is 16.7 Å². The van der Waals surface area contributed by atoms with Gasteiger partial charge in [0.2, 0.25) is 32.9 Å². The molecule has 2 rings (SSSR count). The largest absolute Gasteiger partial charge is 0.347 e. The van der Waals surface area contributed by atoms with Crippen molar-refractivity contribution in [3.8, 4) is 0 Å². The van der Waals surface area contributed by atoms with Crippen LogP contribution in [0, 0.1) is 0 Å². The molecule has 6 nitrogen and oxygen atoms in total. The molecule has 1 radical (unpaired) electrons. The van der Waals surface area contributed by atoms with Crippen molar-refractivity contribution in [2.75, 3.05) is 11.9 Å². The van der Waals surface area contributed by atoms with Crippen molar-refractivity contribution in [3.05, 3.63) is 76.9 Å². The van der Waals surface area contributed by atoms with Gasteiger partial charge >= 0.3 is 0 Å². The van der Waals surface area contributed by atoms with Gasteiger partial charge in [-0.2, -0.15) is 0 Å². The SMILES string of the molecule is C=C(C)Cc1cc(NC(=O)C(C)NC(=O)CNC(=O)Cc2ccc(C(C)C)cc2)ccc1[CH2][Al][CH3]. The van der Waals surface area contributed by atoms with Crippen LogP contribution >= 0.6 is 0 Å². The molecule has 0 saturated heterocycles. The Morgan fingerprint density at radius 1 is 0.943 bits per heavy atom. The molecule has 1 atom stereocenters. The normalized spacial score (nSPS) is 11.5. The second-order valence-corrected chi connectivity index (χ2v) is 10.6. The van der Waals surface area contributed by atoms with Crippen molar-refractivity contribution in [3.63, 3.8) is 0 Å². The first kappa shape index (κ1) is 28.4. The van der Waals surface area contributed by atoms with Gasteiger partial charge in [0.25, 0.3) is 0 Å². The molecule has 0 bridgehead atoms. The molecular formula is C28H37AlN3O3. The third kappa shape index (κ3) is 9.72. The summed E-state index contributed by atoms with van der Waals surface area (Å²) in [7, 11) is 0. The summed E-state index contributed by atoms with van der Waals surface area (Å²) in [5.74, 6) is 1.68. The van der Waals surface area contributed by atoms with E-state index in [2.05, 4.69) is 48.2 Å². The molecule has 0 spiro atoms. The average molecular weight is 491 g/mol. The van der Waals surface area contributed by atoms with Gasteiger partial charge in [0.15, 0.2) is 0 Å². The number of carbonyl (C=O) groups is 3. The summed E-state index contributed by atoms with van der Waals surface area (Å²) >= 11 is 0.340. The number of allylic oxidation sites excluding steroid dienone is 1. The average Bonchev–Trinajstić information content (AvgIpc) is 2.79. The molecule has 0 fully saturated rings. The van der Waals surface area contributed by atoms with E-state index >= 15 is 0 Å². The summed E-state index contributed by atoms with van der Waals surface area (Å²) in [6.45, 7) is 11.7. The Kier molecular flexibility index (Phi) is 11.2. The van der Waals surface area contributed by atoms with Crippen LogP contribution in [0.25, 0.3) is 0 Å². The smallest absolute Gasteiger partial charge is 0.246 e. The standard InChI is InChI=1S/C27H34N3O3.CH3.Al/c1-17(2)13-23-15-24(12-7-19(23)5)30-27(33)20(6)29-26(32)16-28-25(31)14-21-8-10-22(11-9-21)18(3)4;;/h7-12,15,18,20H,1,5,13-14,16H2,2-4,6H3,(H,28,31)(H,29,32)(H,30,33);1H3;. The van der Waals surface area contributed by atoms with Gasteiger partial charge in [0.1, 0.15) is 6.04 Å². The van der Waals surface area contributed by atoms with Gasteiger partial charge in [-0.3, -0.25) is 14.4 Å². The summed E-state index contributed by atoms with van der Waals surface area (Å²) in [5, 5.41) is 9.19. The van der Waals surface area contributed by atoms with Gasteiger partial charge in [0.05, 0.1) is 13.0 Å². The molecule has 0 saturated carbocycles. The summed E-state index contributed by atoms with van der Waals surface area (Å²) in [5.41, 5.74) is 6.32. The van der Waals surface area contributed by atoms with Gasteiger partial charge in [-0.25, -0.2) is 0 Å². The highest BCUT2D eigenvalue weighted by atomic mass is 27.1. The van der Waals surface area contributed by atoms with Crippen LogP contribution in [0.5, 0.6) is 0 Å². The number of rotatable bonds is 12. The maximum absolute atomic E-state index is 12.6. The number of hydrogen-bond acceptors (Lipinski definition) is 3. The van der Waals surface area contributed by atoms with Gasteiger partial charge in [-0.15, -0.1) is 5.79 Å². The van der Waals surface area contributed by atoms with Gasteiger partial charge < -0.3 is 16.0 Å². The zero-order valence-corrected chi connectivity index (χ0v) is 22.7. The van der Waals surface area contributed by atoms with Crippen LogP contribution in [0.15, 0.2) is 54.6 Å². The van der Waals surface area contributed by atoms with E-state index in [0.717, 1.165) is 22.8 Å². The third-order valence-corrected chi connectivity index (χ3v) is 6.47. The van der Waals surface area contributed by atoms with Crippen molar-refractivity contribution < 1.29 is 14.4 Å². The highest BCUT2D eigenvalue weighted by Crippen LogP contribution is 2.20. The first-order valence-corrected chi connectivity index (χ1v) is 14.1. The molecular weight excluding hydrogens is 453 g/mol. The predicted molar refractivity (Wildman–Crippen MR) is 144 cm³/mol. The second-order valence-electron chi connectivity index (χ2n) is 9.36. The molecule has 3 amide bonds. The predicted octanol–water partition coefficient (Wildman–Crippen LogP) is 3.98. The molecule has 3 N–H and O–H groups in total. The molecule has 2 aromatic rings. The molecule has 1 unspecified atom stereocenters. The second kappa shape index (κ2) is 13.9. The minimum Gasteiger partial charge on any atom is -0.347 e. The first-order valence-electron chi connectivity index (χ1n) is 12.1. The van der Waals surface area contributed by atoms with Crippen LogP contribution < -0.4 is 16.0 Å². The highest BCUT2D eigenvalue weighted by Gasteiger charge is 2.17. The molecule has 0 aromatic heterocycles. The number of hydrogen-bond donors (Lipinski definition) is 3. The van der Waals surface area contributed by atoms with Gasteiger partial charge in [0, 0.05) is 5.69 Å². The van der Waals surface area contributed by atoms with Crippen molar-refractivity contribution in [2.24, 2.45) is 0 Å². The summed E-state index contributed by atoms with van der Waals surface area (Å²) in [6, 6.07) is 13.1. The topological polar surface area (TPSA) is 87.3 Å². The Morgan fingerprint density at radius 3 is 2.23 bits per heavy atom. The summed E-state index contributed by atoms with van der Waals surface area (Å²) in [6.07, 6.45) is 0.968. The van der Waals surface area contributed by atoms with Crippen LogP contribution in [-0.2, 0) is 32.5 Å². The molecule has 0 aliphatic rings. The van der Waals surface area contributed by atoms with E-state index in [0.29, 0.717) is 26.8 Å². The maximum Gasteiger partial charge on any atom is 0.246 e. The van der Waals surface area contributed by atoms with E-state index in [4.69, 9.17) is 0 Å². The van der Waals surface area contributed by atoms with Crippen molar-refractivity contribution in [2.45, 2.75) is 63.6 Å². The maximum atomic E-state index is 12.6. The van der Waals surface area contributed by atoms with E-state index in [1.807, 2.05) is 43.3 Å². The Balaban J connectivity index is 1.84. The van der Waals surface area contributed by atoms with Crippen molar-refractivity contribution in [1.82, 2.24) is 10.6 Å². The zero-order valence-electron chi connectivity index (χ0n) is 21.5. The van der Waals surface area contributed by atoms with Crippen LogP contribution in [0.3, 0.4) is 0 Å². The van der Waals surface area contributed by atoms with Gasteiger partial charge in [-0.05, 0) is 55.0 Å². The summed E-state index contributed by atoms with van der Waals surface area (Å²) < 4.78 is 0. The molecule has 0 heterocycles. The Hall–Kier alpha value is -2.88. The number of carbonyl (C=O) groups excluding carboxylic acids is 3. The Bertz CT molecular complexity index is 1050. The quantitative estimate of drug-likeness (QED) is 0.311. The lowest BCUT2D eigenvalue weighted by Crippen LogP contribution is -2.46. The Labute approximate surface area is 215 Å². The van der Waals surface area contributed by atoms with Crippen LogP contribution in [0.1, 0.15) is 55.9 Å². The highest BCUT2D eigenvalue weighted by molar-refractivity contribution is 6.33. The van der Waals surface area contributed by atoms with Crippen LogP contribution in [-0.4, -0.2) is 45.5 Å². The Morgan fingerprint density at radius 2 is 1.63 bits per heavy atom. The van der Waals surface area contributed by atoms with E-state index in [-0.39, 0.29) is 24.8 Å². The minimum absolute atomic E-state index is 0.183. The lowest BCUT2D eigenvalue weighted by atomic mass is 10.0. The lowest BCUT2D eigenvalue weighted by Gasteiger charge is -2.16. The number of amides is 3. The third-order valence-electron chi connectivity index (χ3n) is 5.62. The molecule has 35 heavy (non-hydrogen) atoms. The zero-order chi connectivity index (χ0) is 26.0. The van der Waals surface area contributed by atoms with E-state index in [1.54, 1.807) is 6.92 Å². The molecule has 0 aliphatic heterocycles. The van der Waals surface area contributed by atoms with Crippen molar-refractivity contribution >= 4 is 38.6 Å². The fourth-order valence-corrected chi connectivity index (χ4v) is 4.51. The van der Waals surface area contributed by atoms with E-state index < -0.39 is 11.9 Å². The van der Waals surface area contributed by atoms with Crippen LogP contribution in [0.4, 0.5) is 5.69 Å². The molecule has 185 valence electrons. The fraction of sp³-hybridized carbons (Fsp3) is 0.393. The number of benzene rings is 2. The molecule has 2 aromatic carbocycles. The monoisotopic (exact) mass is 490 g/mol. The summed E-state index contributed by atoms with van der Waals surface area (Å²) in [4.78, 5) is 37.1. The first-order chi connectivity index (χ1) is 16.6. The van der Waals surface area contributed by atoms with Crippen molar-refractivity contribution in [1.29, 1.82) is 0 Å². The number of anilines is 1. The number of nitrogens with one attached hydrogen (secondary N) is 3. The minimum atomic E-state index is -0.743. The van der Waals surface area contributed by atoms with Crippen LogP contribution in [0.2, 0.25) is 5.79 Å². The van der Waals surface area contributed by atoms with E-state index in [9.17, 15) is 14.4 Å². The molecule has 7 heteroatoms. The lowest BCUT2D eigenvalue weighted by molar-refractivity contribution is -0.127. The fourth-order valence-electron chi connectivity index (χ4n) is 3.67. The van der Waals surface area contributed by atoms with Gasteiger partial charge in [-0.1, -0.05) is 67.2 Å². The molecule has 0 aliphatic carbocycles.